The van der Waals surface area contributed by atoms with Crippen molar-refractivity contribution in [1.29, 1.82) is 0 Å². The molecule has 1 N–H and O–H groups in total. The maximum Gasteiger partial charge on any atom is 0.713 e. The van der Waals surface area contributed by atoms with Gasteiger partial charge >= 0.3 is 8.25 Å². The van der Waals surface area contributed by atoms with E-state index in [0.717, 1.165) is 13.1 Å². The Labute approximate surface area is 41.6 Å². The topological polar surface area (TPSA) is 49.5 Å². The molecule has 1 atom stereocenters. The molecule has 7 heavy (non-hydrogen) atoms. The highest BCUT2D eigenvalue weighted by atomic mass is 31.1. The zero-order valence-electron chi connectivity index (χ0n) is 3.57. The van der Waals surface area contributed by atoms with Crippen LogP contribution in [0.15, 0.2) is 0 Å². The van der Waals surface area contributed by atoms with Crippen molar-refractivity contribution in [3.8, 4) is 0 Å². The van der Waals surface area contributed by atoms with Gasteiger partial charge in [-0.3, -0.25) is 0 Å². The van der Waals surface area contributed by atoms with Crippen molar-refractivity contribution in [2.75, 3.05) is 13.1 Å². The van der Waals surface area contributed by atoms with Crippen LogP contribution in [-0.2, 0) is 9.19 Å². The van der Waals surface area contributed by atoms with Gasteiger partial charge in [-0.05, 0) is 4.62 Å². The van der Waals surface area contributed by atoms with Gasteiger partial charge in [-0.1, -0.05) is 0 Å². The molecule has 0 aromatic carbocycles. The van der Waals surface area contributed by atoms with E-state index in [-0.39, 0.29) is 0 Å². The van der Waals surface area contributed by atoms with E-state index in [1.165, 1.54) is 5.06 Å². The van der Waals surface area contributed by atoms with Crippen LogP contribution in [0.5, 0.6) is 0 Å². The third-order valence-corrected chi connectivity index (χ3v) is 0.962. The first kappa shape index (κ1) is 5.12. The second-order valence-corrected chi connectivity index (χ2v) is 1.89. The smallest absolute Gasteiger partial charge is 0.133 e. The second-order valence-electron chi connectivity index (χ2n) is 1.25. The van der Waals surface area contributed by atoms with Gasteiger partial charge in [0.1, 0.15) is 0 Å². The lowest BCUT2D eigenvalue weighted by Crippen LogP contribution is -1.87. The fourth-order valence-corrected chi connectivity index (χ4v) is 0.582. The first-order valence-corrected chi connectivity index (χ1v) is 3.01. The molecule has 0 spiro atoms. The minimum Gasteiger partial charge on any atom is -0.133 e. The molecule has 1 aliphatic heterocycles. The van der Waals surface area contributed by atoms with Gasteiger partial charge < -0.3 is 0 Å². The van der Waals surface area contributed by atoms with Crippen molar-refractivity contribution in [2.24, 2.45) is 0 Å². The Kier molecular flexibility index (Phi) is 1.35. The Bertz CT molecular complexity index is 90.9. The maximum atomic E-state index is 9.73. The summed E-state index contributed by atoms with van der Waals surface area (Å²) in [5.74, 6) is 0. The molecular formula is C2H5NO3P+. The van der Waals surface area contributed by atoms with E-state index in [1.54, 1.807) is 0 Å². The van der Waals surface area contributed by atoms with Crippen molar-refractivity contribution in [2.45, 2.75) is 0 Å². The summed E-state index contributed by atoms with van der Waals surface area (Å²) in [6, 6.07) is 0. The molecule has 0 aromatic heterocycles. The van der Waals surface area contributed by atoms with Crippen LogP contribution in [0.3, 0.4) is 0 Å². The van der Waals surface area contributed by atoms with E-state index in [2.05, 4.69) is 4.62 Å². The lowest BCUT2D eigenvalue weighted by atomic mass is 11.0. The number of hydroxylamine groups is 2. The van der Waals surface area contributed by atoms with Gasteiger partial charge in [-0.15, -0.1) is 9.96 Å². The van der Waals surface area contributed by atoms with Gasteiger partial charge in [0.05, 0.1) is 0 Å². The van der Waals surface area contributed by atoms with Crippen molar-refractivity contribution in [1.82, 2.24) is 5.06 Å². The van der Waals surface area contributed by atoms with Gasteiger partial charge in [0.25, 0.3) is 0 Å². The van der Waals surface area contributed by atoms with Crippen LogP contribution < -0.4 is 0 Å². The van der Waals surface area contributed by atoms with Crippen LogP contribution in [-0.4, -0.2) is 23.0 Å². The number of nitrogens with zero attached hydrogens (tertiary/aromatic N) is 1. The lowest BCUT2D eigenvalue weighted by molar-refractivity contribution is 0.0643. The van der Waals surface area contributed by atoms with Crippen LogP contribution >= 0.6 is 8.25 Å². The van der Waals surface area contributed by atoms with Crippen LogP contribution in [0.25, 0.3) is 0 Å². The van der Waals surface area contributed by atoms with Crippen LogP contribution in [0, 0.1) is 0 Å². The Morgan fingerprint density at radius 2 is 2.29 bits per heavy atom. The zero-order chi connectivity index (χ0) is 5.28. The highest BCUT2D eigenvalue weighted by molar-refractivity contribution is 7.32. The Morgan fingerprint density at radius 1 is 1.71 bits per heavy atom. The molecule has 1 unspecified atom stereocenters. The second kappa shape index (κ2) is 1.84. The minimum atomic E-state index is -2.40. The van der Waals surface area contributed by atoms with Gasteiger partial charge in [0.2, 0.25) is 0 Å². The van der Waals surface area contributed by atoms with Crippen molar-refractivity contribution < 1.29 is 14.1 Å². The summed E-state index contributed by atoms with van der Waals surface area (Å²) < 4.78 is 14.0. The molecule has 5 heteroatoms. The molecule has 1 rings (SSSR count). The highest BCUT2D eigenvalue weighted by Crippen LogP contribution is 2.21. The summed E-state index contributed by atoms with van der Waals surface area (Å²) >= 11 is 0. The molecule has 0 radical (unpaired) electrons. The Balaban J connectivity index is 2.08. The quantitative estimate of drug-likeness (QED) is 0.410. The van der Waals surface area contributed by atoms with Crippen LogP contribution in [0.4, 0.5) is 0 Å². The van der Waals surface area contributed by atoms with E-state index in [4.69, 9.17) is 4.89 Å². The summed E-state index contributed by atoms with van der Waals surface area (Å²) in [6.45, 7) is 1.56. The number of rotatable bonds is 2. The first-order valence-electron chi connectivity index (χ1n) is 1.88. The summed E-state index contributed by atoms with van der Waals surface area (Å²) in [5.41, 5.74) is 0. The van der Waals surface area contributed by atoms with Gasteiger partial charge in [0.15, 0.2) is 0 Å². The molecule has 1 saturated heterocycles. The summed E-state index contributed by atoms with van der Waals surface area (Å²) in [7, 11) is -2.40. The summed E-state index contributed by atoms with van der Waals surface area (Å²) in [6.07, 6.45) is 0. The molecule has 0 saturated carbocycles. The molecule has 1 fully saturated rings. The van der Waals surface area contributed by atoms with Crippen molar-refractivity contribution in [3.63, 3.8) is 0 Å². The largest absolute Gasteiger partial charge is 0.713 e. The summed E-state index contributed by atoms with van der Waals surface area (Å²) in [5, 5.41) is 1.42. The van der Waals surface area contributed by atoms with E-state index in [1.807, 2.05) is 0 Å². The minimum absolute atomic E-state index is 0.779. The summed E-state index contributed by atoms with van der Waals surface area (Å²) in [4.78, 5) is 8.01. The molecule has 1 heterocycles. The third-order valence-electron chi connectivity index (χ3n) is 0.591. The standard InChI is InChI=1S/C2H4NO3P/c4-7(5)6-3-1-2-3/h1-2H2/p+1. The average Bonchev–Trinajstić information content (AvgIpc) is 2.17. The third kappa shape index (κ3) is 1.94. The maximum absolute atomic E-state index is 9.73. The van der Waals surface area contributed by atoms with E-state index in [9.17, 15) is 4.57 Å². The van der Waals surface area contributed by atoms with Crippen LogP contribution in [0.2, 0.25) is 0 Å². The van der Waals surface area contributed by atoms with E-state index >= 15 is 0 Å². The van der Waals surface area contributed by atoms with E-state index < -0.39 is 8.25 Å². The highest BCUT2D eigenvalue weighted by Gasteiger charge is 2.29. The lowest BCUT2D eigenvalue weighted by Gasteiger charge is -1.76. The average molecular weight is 122 g/mol. The molecule has 0 aliphatic carbocycles. The molecule has 1 aliphatic rings. The van der Waals surface area contributed by atoms with Gasteiger partial charge in [-0.25, -0.2) is 0 Å². The molecule has 0 bridgehead atoms. The molecule has 0 amide bonds. The van der Waals surface area contributed by atoms with Gasteiger partial charge in [-0.2, -0.15) is 0 Å². The SMILES string of the molecule is O=[P+](O)ON1CC1. The number of hydrogen-bond acceptors (Lipinski definition) is 3. The molecule has 4 nitrogen and oxygen atoms in total. The normalized spacial score (nSPS) is 22.1. The van der Waals surface area contributed by atoms with Gasteiger partial charge in [0, 0.05) is 17.7 Å². The Morgan fingerprint density at radius 3 is 2.43 bits per heavy atom. The predicted molar refractivity (Wildman–Crippen MR) is 22.5 cm³/mol. The molecular weight excluding hydrogens is 117 g/mol. The predicted octanol–water partition coefficient (Wildman–Crippen LogP) is -0.117. The first-order chi connectivity index (χ1) is 3.29. The fourth-order valence-electron chi connectivity index (χ4n) is 0.221. The van der Waals surface area contributed by atoms with Crippen LogP contribution in [0.1, 0.15) is 0 Å². The van der Waals surface area contributed by atoms with Crippen molar-refractivity contribution in [3.05, 3.63) is 0 Å². The molecule has 40 valence electrons. The van der Waals surface area contributed by atoms with Crippen molar-refractivity contribution >= 4 is 8.25 Å². The zero-order valence-corrected chi connectivity index (χ0v) is 4.47. The number of hydrogen-bond donors (Lipinski definition) is 1. The van der Waals surface area contributed by atoms with E-state index in [0.29, 0.717) is 0 Å². The monoisotopic (exact) mass is 122 g/mol. The Hall–Kier alpha value is -0.0200. The molecule has 0 aromatic rings. The fraction of sp³-hybridized carbons (Fsp3) is 1.00.